The van der Waals surface area contributed by atoms with Crippen molar-refractivity contribution in [2.24, 2.45) is 5.92 Å². The summed E-state index contributed by atoms with van der Waals surface area (Å²) in [6, 6.07) is 6.56. The van der Waals surface area contributed by atoms with Crippen molar-refractivity contribution < 1.29 is 18.7 Å². The van der Waals surface area contributed by atoms with Crippen LogP contribution in [0.3, 0.4) is 0 Å². The van der Waals surface area contributed by atoms with E-state index in [0.717, 1.165) is 30.0 Å². The number of rotatable bonds is 10. The zero-order chi connectivity index (χ0) is 23.8. The molecule has 0 aliphatic carbocycles. The number of piperidine rings is 1. The topological polar surface area (TPSA) is 75.6 Å². The van der Waals surface area contributed by atoms with E-state index in [2.05, 4.69) is 23.1 Å². The second-order valence-electron chi connectivity index (χ2n) is 8.43. The summed E-state index contributed by atoms with van der Waals surface area (Å²) in [6.07, 6.45) is 3.38. The van der Waals surface area contributed by atoms with Crippen LogP contribution in [0.25, 0.3) is 0 Å². The molecule has 0 spiro atoms. The summed E-state index contributed by atoms with van der Waals surface area (Å²) < 4.78 is 22.8. The summed E-state index contributed by atoms with van der Waals surface area (Å²) in [7, 11) is 0. The summed E-state index contributed by atoms with van der Waals surface area (Å²) in [5.41, 5.74) is 0.951. The molecular weight excluding hydrogens is 443 g/mol. The van der Waals surface area contributed by atoms with E-state index in [4.69, 9.17) is 9.72 Å². The average molecular weight is 477 g/mol. The predicted molar refractivity (Wildman–Crippen MR) is 127 cm³/mol. The van der Waals surface area contributed by atoms with E-state index >= 15 is 0 Å². The van der Waals surface area contributed by atoms with Crippen molar-refractivity contribution in [3.05, 3.63) is 41.5 Å². The van der Waals surface area contributed by atoms with Gasteiger partial charge in [-0.2, -0.15) is 4.37 Å². The lowest BCUT2D eigenvalue weighted by molar-refractivity contribution is -0.151. The van der Waals surface area contributed by atoms with Crippen molar-refractivity contribution in [1.29, 1.82) is 0 Å². The fraction of sp³-hybridized carbons (Fsp3) is 0.583. The van der Waals surface area contributed by atoms with Gasteiger partial charge in [-0.3, -0.25) is 9.59 Å². The minimum absolute atomic E-state index is 0.0494. The summed E-state index contributed by atoms with van der Waals surface area (Å²) in [5.74, 6) is 0.0350. The highest BCUT2D eigenvalue weighted by Gasteiger charge is 2.29. The van der Waals surface area contributed by atoms with Crippen molar-refractivity contribution in [3.8, 4) is 0 Å². The lowest BCUT2D eigenvalue weighted by Crippen LogP contribution is -2.44. The number of anilines is 1. The largest absolute Gasteiger partial charge is 0.466 e. The maximum absolute atomic E-state index is 13.2. The molecule has 1 aromatic heterocycles. The molecule has 180 valence electrons. The highest BCUT2D eigenvalue weighted by Crippen LogP contribution is 2.24. The Morgan fingerprint density at radius 2 is 2.06 bits per heavy atom. The summed E-state index contributed by atoms with van der Waals surface area (Å²) >= 11 is 1.33. The summed E-state index contributed by atoms with van der Waals surface area (Å²) in [4.78, 5) is 33.6. The number of esters is 1. The highest BCUT2D eigenvalue weighted by atomic mass is 32.1. The molecule has 1 aromatic carbocycles. The maximum Gasteiger partial charge on any atom is 0.310 e. The van der Waals surface area contributed by atoms with Crippen molar-refractivity contribution in [1.82, 2.24) is 14.3 Å². The van der Waals surface area contributed by atoms with Gasteiger partial charge in [0, 0.05) is 50.1 Å². The fourth-order valence-corrected chi connectivity index (χ4v) is 4.79. The first kappa shape index (κ1) is 25.1. The van der Waals surface area contributed by atoms with Crippen LogP contribution < -0.4 is 4.90 Å². The monoisotopic (exact) mass is 476 g/mol. The van der Waals surface area contributed by atoms with Gasteiger partial charge in [0.15, 0.2) is 0 Å². The van der Waals surface area contributed by atoms with Gasteiger partial charge in [0.2, 0.25) is 11.0 Å². The van der Waals surface area contributed by atoms with Gasteiger partial charge in [-0.1, -0.05) is 19.1 Å². The first-order valence-corrected chi connectivity index (χ1v) is 12.5. The van der Waals surface area contributed by atoms with Gasteiger partial charge >= 0.3 is 5.97 Å². The molecule has 2 unspecified atom stereocenters. The SMILES string of the molecule is CCOC(=O)C1CCCN(C(=O)CCN(c2nc(Cc3ccc(F)cc3)ns2)C(C)CC)C1. The van der Waals surface area contributed by atoms with Gasteiger partial charge < -0.3 is 14.5 Å². The molecule has 3 rings (SSSR count). The molecule has 1 saturated heterocycles. The Balaban J connectivity index is 1.60. The van der Waals surface area contributed by atoms with Crippen LogP contribution in [0.4, 0.5) is 9.52 Å². The molecule has 0 bridgehead atoms. The number of carbonyl (C=O) groups is 2. The quantitative estimate of drug-likeness (QED) is 0.482. The molecular formula is C24H33FN4O3S. The zero-order valence-corrected chi connectivity index (χ0v) is 20.4. The number of carbonyl (C=O) groups excluding carboxylic acids is 2. The first-order chi connectivity index (χ1) is 15.9. The molecule has 2 heterocycles. The van der Waals surface area contributed by atoms with Crippen LogP contribution in [-0.4, -0.2) is 58.4 Å². The smallest absolute Gasteiger partial charge is 0.310 e. The molecule has 0 saturated carbocycles. The van der Waals surface area contributed by atoms with E-state index in [1.54, 1.807) is 24.0 Å². The van der Waals surface area contributed by atoms with Crippen molar-refractivity contribution in [2.75, 3.05) is 31.1 Å². The van der Waals surface area contributed by atoms with Crippen molar-refractivity contribution in [2.45, 2.75) is 58.9 Å². The lowest BCUT2D eigenvalue weighted by atomic mass is 9.98. The number of aromatic nitrogens is 2. The average Bonchev–Trinajstić information content (AvgIpc) is 3.28. The predicted octanol–water partition coefficient (Wildman–Crippen LogP) is 4.06. The third-order valence-corrected chi connectivity index (χ3v) is 6.85. The first-order valence-electron chi connectivity index (χ1n) is 11.7. The molecule has 7 nitrogen and oxygen atoms in total. The van der Waals surface area contributed by atoms with E-state index in [1.807, 2.05) is 0 Å². The van der Waals surface area contributed by atoms with Gasteiger partial charge in [-0.05, 0) is 50.8 Å². The number of amides is 1. The molecule has 1 fully saturated rings. The molecule has 9 heteroatoms. The number of hydrogen-bond donors (Lipinski definition) is 0. The Labute approximate surface area is 199 Å². The molecule has 33 heavy (non-hydrogen) atoms. The molecule has 0 radical (unpaired) electrons. The molecule has 1 aliphatic rings. The van der Waals surface area contributed by atoms with E-state index < -0.39 is 0 Å². The van der Waals surface area contributed by atoms with Crippen LogP contribution in [0.5, 0.6) is 0 Å². The van der Waals surface area contributed by atoms with Gasteiger partial charge in [-0.25, -0.2) is 9.37 Å². The zero-order valence-electron chi connectivity index (χ0n) is 19.6. The molecule has 1 amide bonds. The molecule has 2 aromatic rings. The molecule has 0 N–H and O–H groups in total. The van der Waals surface area contributed by atoms with Gasteiger partial charge in [0.05, 0.1) is 12.5 Å². The van der Waals surface area contributed by atoms with Crippen LogP contribution in [0.1, 0.15) is 57.8 Å². The van der Waals surface area contributed by atoms with Gasteiger partial charge in [0.1, 0.15) is 11.6 Å². The number of likely N-dealkylation sites (tertiary alicyclic amines) is 1. The third-order valence-electron chi connectivity index (χ3n) is 6.06. The maximum atomic E-state index is 13.2. The van der Waals surface area contributed by atoms with Crippen LogP contribution in [0.2, 0.25) is 0 Å². The van der Waals surface area contributed by atoms with E-state index in [9.17, 15) is 14.0 Å². The second kappa shape index (κ2) is 12.1. The number of halogens is 1. The van der Waals surface area contributed by atoms with Crippen LogP contribution in [0.15, 0.2) is 24.3 Å². The highest BCUT2D eigenvalue weighted by molar-refractivity contribution is 7.09. The minimum atomic E-state index is -0.263. The van der Waals surface area contributed by atoms with E-state index in [-0.39, 0.29) is 29.7 Å². The third kappa shape index (κ3) is 6.96. The van der Waals surface area contributed by atoms with Crippen molar-refractivity contribution in [3.63, 3.8) is 0 Å². The Bertz CT molecular complexity index is 921. The van der Waals surface area contributed by atoms with Gasteiger partial charge in [0.25, 0.3) is 0 Å². The van der Waals surface area contributed by atoms with Crippen LogP contribution in [-0.2, 0) is 20.7 Å². The van der Waals surface area contributed by atoms with E-state index in [0.29, 0.717) is 44.9 Å². The van der Waals surface area contributed by atoms with E-state index in [1.165, 1.54) is 23.7 Å². The van der Waals surface area contributed by atoms with Crippen LogP contribution in [0, 0.1) is 11.7 Å². The Morgan fingerprint density at radius 1 is 1.30 bits per heavy atom. The van der Waals surface area contributed by atoms with Crippen molar-refractivity contribution >= 4 is 28.5 Å². The summed E-state index contributed by atoms with van der Waals surface area (Å²) in [6.45, 7) is 8.03. The second-order valence-corrected chi connectivity index (χ2v) is 9.16. The number of ether oxygens (including phenoxy) is 1. The minimum Gasteiger partial charge on any atom is -0.466 e. The summed E-state index contributed by atoms with van der Waals surface area (Å²) in [5, 5.41) is 0.789. The standard InChI is InChI=1S/C24H33FN4O3S/c1-4-17(3)29(24-26-21(27-33-24)15-18-8-10-20(25)11-9-18)14-12-22(30)28-13-6-7-19(16-28)23(31)32-5-2/h8-11,17,19H,4-7,12-16H2,1-3H3. The number of hydrogen-bond acceptors (Lipinski definition) is 7. The van der Waals surface area contributed by atoms with Gasteiger partial charge in [-0.15, -0.1) is 0 Å². The van der Waals surface area contributed by atoms with Crippen LogP contribution >= 0.6 is 11.5 Å². The normalized spacial score (nSPS) is 17.0. The number of nitrogens with zero attached hydrogens (tertiary/aromatic N) is 4. The fourth-order valence-electron chi connectivity index (χ4n) is 3.97. The number of benzene rings is 1. The Morgan fingerprint density at radius 3 is 2.76 bits per heavy atom. The molecule has 2 atom stereocenters. The Kier molecular flexibility index (Phi) is 9.17. The lowest BCUT2D eigenvalue weighted by Gasteiger charge is -2.33. The molecule has 1 aliphatic heterocycles. The Hall–Kier alpha value is -2.55.